The molecule has 0 bridgehead atoms. The number of amides is 2. The summed E-state index contributed by atoms with van der Waals surface area (Å²) in [5.74, 6) is -0.859. The Morgan fingerprint density at radius 3 is 2.26 bits per heavy atom. The summed E-state index contributed by atoms with van der Waals surface area (Å²) >= 11 is 11.9. The lowest BCUT2D eigenvalue weighted by molar-refractivity contribution is -0.123. The van der Waals surface area contributed by atoms with Crippen molar-refractivity contribution in [3.05, 3.63) is 58.1 Å². The van der Waals surface area contributed by atoms with E-state index in [1.54, 1.807) is 18.2 Å². The van der Waals surface area contributed by atoms with Crippen LogP contribution in [0, 0.1) is 0 Å². The van der Waals surface area contributed by atoms with Gasteiger partial charge >= 0.3 is 0 Å². The molecule has 0 aliphatic carbocycles. The van der Waals surface area contributed by atoms with E-state index in [9.17, 15) is 9.59 Å². The number of halogens is 2. The second kappa shape index (κ2) is 7.99. The highest BCUT2D eigenvalue weighted by Gasteiger charge is 2.12. The van der Waals surface area contributed by atoms with Gasteiger partial charge in [0.15, 0.2) is 0 Å². The fourth-order valence-corrected chi connectivity index (χ4v) is 2.32. The molecule has 120 valence electrons. The number of nitrogens with one attached hydrogen (secondary N) is 2. The van der Waals surface area contributed by atoms with Crippen LogP contribution in [0.2, 0.25) is 10.0 Å². The second-order valence-electron chi connectivity index (χ2n) is 4.92. The summed E-state index contributed by atoms with van der Waals surface area (Å²) in [5.41, 5.74) is 2.21. The first-order valence-corrected chi connectivity index (χ1v) is 7.88. The van der Waals surface area contributed by atoms with Gasteiger partial charge in [0.05, 0.1) is 15.7 Å². The average Bonchev–Trinajstić information content (AvgIpc) is 2.52. The fourth-order valence-electron chi connectivity index (χ4n) is 1.97. The Balaban J connectivity index is 1.91. The van der Waals surface area contributed by atoms with E-state index in [4.69, 9.17) is 23.2 Å². The number of benzene rings is 2. The molecule has 0 aliphatic heterocycles. The van der Waals surface area contributed by atoms with Crippen LogP contribution >= 0.6 is 23.2 Å². The van der Waals surface area contributed by atoms with Crippen molar-refractivity contribution in [1.82, 2.24) is 0 Å². The number of carbonyl (C=O) groups excluding carboxylic acids is 2. The summed E-state index contributed by atoms with van der Waals surface area (Å²) < 4.78 is 0. The largest absolute Gasteiger partial charge is 0.326 e. The predicted octanol–water partition coefficient (Wildman–Crippen LogP) is 4.52. The molecule has 0 radical (unpaired) electrons. The van der Waals surface area contributed by atoms with Gasteiger partial charge in [-0.2, -0.15) is 0 Å². The minimum Gasteiger partial charge on any atom is -0.326 e. The summed E-state index contributed by atoms with van der Waals surface area (Å²) in [4.78, 5) is 23.8. The highest BCUT2D eigenvalue weighted by Crippen LogP contribution is 2.29. The molecule has 0 unspecified atom stereocenters. The van der Waals surface area contributed by atoms with Crippen molar-refractivity contribution < 1.29 is 9.59 Å². The van der Waals surface area contributed by atoms with Gasteiger partial charge in [-0.05, 0) is 36.2 Å². The normalized spacial score (nSPS) is 10.2. The number of anilines is 2. The number of rotatable bonds is 5. The van der Waals surface area contributed by atoms with Crippen molar-refractivity contribution in [1.29, 1.82) is 0 Å². The lowest BCUT2D eigenvalue weighted by Gasteiger charge is -2.09. The molecule has 0 spiro atoms. The van der Waals surface area contributed by atoms with Gasteiger partial charge in [-0.1, -0.05) is 48.3 Å². The Morgan fingerprint density at radius 1 is 0.957 bits per heavy atom. The molecule has 0 fully saturated rings. The lowest BCUT2D eigenvalue weighted by atomic mass is 10.1. The van der Waals surface area contributed by atoms with Gasteiger partial charge in [-0.3, -0.25) is 9.59 Å². The van der Waals surface area contributed by atoms with Gasteiger partial charge < -0.3 is 10.6 Å². The third-order valence-electron chi connectivity index (χ3n) is 3.19. The zero-order valence-corrected chi connectivity index (χ0v) is 14.0. The Morgan fingerprint density at radius 2 is 1.61 bits per heavy atom. The van der Waals surface area contributed by atoms with E-state index < -0.39 is 11.8 Å². The maximum absolute atomic E-state index is 11.9. The molecule has 0 atom stereocenters. The number of carbonyl (C=O) groups is 2. The van der Waals surface area contributed by atoms with Crippen LogP contribution in [0.25, 0.3) is 0 Å². The van der Waals surface area contributed by atoms with Gasteiger partial charge in [-0.25, -0.2) is 0 Å². The molecule has 2 aromatic rings. The van der Waals surface area contributed by atoms with Crippen LogP contribution in [0.1, 0.15) is 18.9 Å². The topological polar surface area (TPSA) is 58.2 Å². The molecule has 2 N–H and O–H groups in total. The molecule has 0 aromatic heterocycles. The molecule has 0 heterocycles. The SMILES string of the molecule is CCc1ccc(NC(=O)CC(=O)Nc2cccc(Cl)c2Cl)cc1. The zero-order valence-electron chi connectivity index (χ0n) is 12.5. The average molecular weight is 351 g/mol. The zero-order chi connectivity index (χ0) is 16.8. The first-order valence-electron chi connectivity index (χ1n) is 7.12. The van der Waals surface area contributed by atoms with Gasteiger partial charge in [0.1, 0.15) is 6.42 Å². The summed E-state index contributed by atoms with van der Waals surface area (Å²) in [6, 6.07) is 12.4. The van der Waals surface area contributed by atoms with Crippen LogP contribution in [0.4, 0.5) is 11.4 Å². The number of hydrogen-bond acceptors (Lipinski definition) is 2. The highest BCUT2D eigenvalue weighted by atomic mass is 35.5. The molecule has 0 saturated heterocycles. The van der Waals surface area contributed by atoms with Crippen LogP contribution < -0.4 is 10.6 Å². The van der Waals surface area contributed by atoms with Crippen molar-refractivity contribution >= 4 is 46.4 Å². The molecular formula is C17H16Cl2N2O2. The monoisotopic (exact) mass is 350 g/mol. The van der Waals surface area contributed by atoms with E-state index in [1.807, 2.05) is 24.3 Å². The molecule has 2 rings (SSSR count). The van der Waals surface area contributed by atoms with Crippen LogP contribution in [-0.2, 0) is 16.0 Å². The molecule has 4 nitrogen and oxygen atoms in total. The van der Waals surface area contributed by atoms with Gasteiger partial charge in [0.2, 0.25) is 11.8 Å². The van der Waals surface area contributed by atoms with Gasteiger partial charge in [0, 0.05) is 5.69 Å². The first-order chi connectivity index (χ1) is 11.0. The highest BCUT2D eigenvalue weighted by molar-refractivity contribution is 6.44. The van der Waals surface area contributed by atoms with Crippen LogP contribution in [0.5, 0.6) is 0 Å². The van der Waals surface area contributed by atoms with Gasteiger partial charge in [0.25, 0.3) is 0 Å². The van der Waals surface area contributed by atoms with Crippen LogP contribution in [-0.4, -0.2) is 11.8 Å². The van der Waals surface area contributed by atoms with E-state index in [0.29, 0.717) is 16.4 Å². The standard InChI is InChI=1S/C17H16Cl2N2O2/c1-2-11-6-8-12(9-7-11)20-15(22)10-16(23)21-14-5-3-4-13(18)17(14)19/h3-9H,2,10H2,1H3,(H,20,22)(H,21,23). The van der Waals surface area contributed by atoms with Crippen molar-refractivity contribution in [2.45, 2.75) is 19.8 Å². The first kappa shape index (κ1) is 17.3. The molecule has 2 aromatic carbocycles. The molecule has 0 aliphatic rings. The van der Waals surface area contributed by atoms with Crippen LogP contribution in [0.3, 0.4) is 0 Å². The van der Waals surface area contributed by atoms with E-state index >= 15 is 0 Å². The summed E-state index contributed by atoms with van der Waals surface area (Å²) in [7, 11) is 0. The minimum atomic E-state index is -0.461. The van der Waals surface area contributed by atoms with Crippen molar-refractivity contribution in [2.75, 3.05) is 10.6 Å². The Bertz CT molecular complexity index is 715. The minimum absolute atomic E-state index is 0.248. The smallest absolute Gasteiger partial charge is 0.233 e. The Kier molecular flexibility index (Phi) is 6.02. The molecular weight excluding hydrogens is 335 g/mol. The van der Waals surface area contributed by atoms with Gasteiger partial charge in [-0.15, -0.1) is 0 Å². The quantitative estimate of drug-likeness (QED) is 0.778. The van der Waals surface area contributed by atoms with Crippen molar-refractivity contribution in [3.63, 3.8) is 0 Å². The maximum Gasteiger partial charge on any atom is 0.233 e. The summed E-state index contributed by atoms with van der Waals surface area (Å²) in [6.07, 6.45) is 0.620. The fraction of sp³-hybridized carbons (Fsp3) is 0.176. The Hall–Kier alpha value is -2.04. The van der Waals surface area contributed by atoms with Crippen molar-refractivity contribution in [3.8, 4) is 0 Å². The molecule has 23 heavy (non-hydrogen) atoms. The third kappa shape index (κ3) is 4.98. The summed E-state index contributed by atoms with van der Waals surface area (Å²) in [6.45, 7) is 2.05. The molecule has 2 amide bonds. The molecule has 0 saturated carbocycles. The van der Waals surface area contributed by atoms with E-state index in [-0.39, 0.29) is 11.4 Å². The number of hydrogen-bond donors (Lipinski definition) is 2. The lowest BCUT2D eigenvalue weighted by Crippen LogP contribution is -2.21. The Labute approximate surface area is 144 Å². The summed E-state index contributed by atoms with van der Waals surface area (Å²) in [5, 5.41) is 5.83. The van der Waals surface area contributed by atoms with Crippen LogP contribution in [0.15, 0.2) is 42.5 Å². The molecule has 6 heteroatoms. The number of aryl methyl sites for hydroxylation is 1. The van der Waals surface area contributed by atoms with E-state index in [0.717, 1.165) is 6.42 Å². The van der Waals surface area contributed by atoms with Crippen molar-refractivity contribution in [2.24, 2.45) is 0 Å². The second-order valence-corrected chi connectivity index (χ2v) is 5.71. The van der Waals surface area contributed by atoms with E-state index in [1.165, 1.54) is 5.56 Å². The predicted molar refractivity (Wildman–Crippen MR) is 94.2 cm³/mol. The maximum atomic E-state index is 11.9. The van der Waals surface area contributed by atoms with E-state index in [2.05, 4.69) is 17.6 Å². The third-order valence-corrected chi connectivity index (χ3v) is 4.01.